The van der Waals surface area contributed by atoms with E-state index in [2.05, 4.69) is 0 Å². The lowest BCUT2D eigenvalue weighted by molar-refractivity contribution is -0.142. The SMILES string of the molecule is COC(=O)c1c(OCCN2CCCC2=O)cc(=O)n2c1CCN(C(=O)C(OC)c1ccccc1)CC2. The minimum Gasteiger partial charge on any atom is -0.491 e. The van der Waals surface area contributed by atoms with Crippen LogP contribution in [0.15, 0.2) is 41.2 Å². The van der Waals surface area contributed by atoms with Crippen molar-refractivity contribution in [2.75, 3.05) is 47.0 Å². The number of methoxy groups -OCH3 is 2. The third kappa shape index (κ3) is 5.28. The van der Waals surface area contributed by atoms with Gasteiger partial charge in [0.15, 0.2) is 6.10 Å². The first-order valence-electron chi connectivity index (χ1n) is 12.1. The van der Waals surface area contributed by atoms with Crippen molar-refractivity contribution in [2.24, 2.45) is 0 Å². The minimum atomic E-state index is -0.767. The molecule has 1 saturated heterocycles. The summed E-state index contributed by atoms with van der Waals surface area (Å²) < 4.78 is 17.9. The number of amides is 2. The molecule has 0 radical (unpaired) electrons. The number of fused-ring (bicyclic) bond motifs is 1. The Kier molecular flexibility index (Phi) is 8.04. The van der Waals surface area contributed by atoms with Crippen LogP contribution in [-0.4, -0.2) is 79.2 Å². The molecule has 10 nitrogen and oxygen atoms in total. The van der Waals surface area contributed by atoms with Gasteiger partial charge < -0.3 is 28.6 Å². The van der Waals surface area contributed by atoms with Crippen LogP contribution in [-0.2, 0) is 32.0 Å². The highest BCUT2D eigenvalue weighted by Crippen LogP contribution is 2.26. The maximum atomic E-state index is 13.3. The van der Waals surface area contributed by atoms with Crippen molar-refractivity contribution in [3.8, 4) is 5.75 Å². The highest BCUT2D eigenvalue weighted by atomic mass is 16.5. The largest absolute Gasteiger partial charge is 0.491 e. The molecule has 2 aromatic rings. The molecule has 192 valence electrons. The molecule has 10 heteroatoms. The molecule has 4 rings (SSSR count). The summed E-state index contributed by atoms with van der Waals surface area (Å²) in [6.07, 6.45) is 0.835. The second-order valence-corrected chi connectivity index (χ2v) is 8.75. The Bertz CT molecular complexity index is 1180. The molecule has 0 saturated carbocycles. The van der Waals surface area contributed by atoms with Crippen molar-refractivity contribution in [3.63, 3.8) is 0 Å². The van der Waals surface area contributed by atoms with Crippen LogP contribution in [0.1, 0.15) is 40.6 Å². The Labute approximate surface area is 209 Å². The third-order valence-electron chi connectivity index (χ3n) is 6.65. The van der Waals surface area contributed by atoms with Crippen LogP contribution in [0, 0.1) is 0 Å². The zero-order valence-electron chi connectivity index (χ0n) is 20.6. The highest BCUT2D eigenvalue weighted by Gasteiger charge is 2.31. The average Bonchev–Trinajstić information content (AvgIpc) is 3.16. The molecule has 3 heterocycles. The normalized spacial score (nSPS) is 16.3. The number of rotatable bonds is 8. The third-order valence-corrected chi connectivity index (χ3v) is 6.65. The van der Waals surface area contributed by atoms with Crippen LogP contribution < -0.4 is 10.3 Å². The molecule has 2 amide bonds. The maximum absolute atomic E-state index is 13.3. The molecule has 0 N–H and O–H groups in total. The summed E-state index contributed by atoms with van der Waals surface area (Å²) in [4.78, 5) is 54.3. The molecule has 2 aliphatic heterocycles. The van der Waals surface area contributed by atoms with E-state index >= 15 is 0 Å². The molecule has 2 aliphatic rings. The van der Waals surface area contributed by atoms with Gasteiger partial charge in [0, 0.05) is 57.9 Å². The molecule has 0 bridgehead atoms. The first-order valence-corrected chi connectivity index (χ1v) is 12.1. The predicted molar refractivity (Wildman–Crippen MR) is 130 cm³/mol. The molecule has 36 heavy (non-hydrogen) atoms. The van der Waals surface area contributed by atoms with E-state index in [1.807, 2.05) is 30.3 Å². The molecule has 1 aromatic heterocycles. The van der Waals surface area contributed by atoms with Gasteiger partial charge in [0.1, 0.15) is 17.9 Å². The molecule has 1 atom stereocenters. The van der Waals surface area contributed by atoms with E-state index in [0.29, 0.717) is 31.7 Å². The molecular weight excluding hydrogens is 466 g/mol. The highest BCUT2D eigenvalue weighted by molar-refractivity contribution is 5.93. The summed E-state index contributed by atoms with van der Waals surface area (Å²) in [6.45, 7) is 2.00. The van der Waals surface area contributed by atoms with E-state index in [0.717, 1.165) is 12.0 Å². The fraction of sp³-hybridized carbons (Fsp3) is 0.462. The molecule has 0 aliphatic carbocycles. The van der Waals surface area contributed by atoms with Crippen LogP contribution in [0.4, 0.5) is 0 Å². The Hall–Kier alpha value is -3.66. The fourth-order valence-electron chi connectivity index (χ4n) is 4.78. The topological polar surface area (TPSA) is 107 Å². The first kappa shape index (κ1) is 25.4. The van der Waals surface area contributed by atoms with Gasteiger partial charge in [-0.3, -0.25) is 14.4 Å². The van der Waals surface area contributed by atoms with Crippen LogP contribution >= 0.6 is 0 Å². The minimum absolute atomic E-state index is 0.0726. The number of carbonyl (C=O) groups is 3. The van der Waals surface area contributed by atoms with Gasteiger partial charge >= 0.3 is 5.97 Å². The summed E-state index contributed by atoms with van der Waals surface area (Å²) in [5.41, 5.74) is 1.05. The number of benzene rings is 1. The Morgan fingerprint density at radius 3 is 2.44 bits per heavy atom. The van der Waals surface area contributed by atoms with E-state index in [9.17, 15) is 19.2 Å². The summed E-state index contributed by atoms with van der Waals surface area (Å²) in [5, 5.41) is 0. The van der Waals surface area contributed by atoms with E-state index < -0.39 is 12.1 Å². The number of likely N-dealkylation sites (tertiary alicyclic amines) is 1. The van der Waals surface area contributed by atoms with E-state index in [4.69, 9.17) is 14.2 Å². The zero-order valence-corrected chi connectivity index (χ0v) is 20.6. The first-order chi connectivity index (χ1) is 17.4. The number of ether oxygens (including phenoxy) is 3. The molecular formula is C26H31N3O7. The molecule has 1 unspecified atom stereocenters. The van der Waals surface area contributed by atoms with Crippen molar-refractivity contribution >= 4 is 17.8 Å². The predicted octanol–water partition coefficient (Wildman–Crippen LogP) is 1.41. The fourth-order valence-corrected chi connectivity index (χ4v) is 4.78. The second kappa shape index (κ2) is 11.4. The lowest BCUT2D eigenvalue weighted by Crippen LogP contribution is -2.38. The van der Waals surface area contributed by atoms with Gasteiger partial charge in [0.05, 0.1) is 13.7 Å². The van der Waals surface area contributed by atoms with Crippen molar-refractivity contribution < 1.29 is 28.6 Å². The number of nitrogens with zero attached hydrogens (tertiary/aromatic N) is 3. The molecule has 0 spiro atoms. The second-order valence-electron chi connectivity index (χ2n) is 8.75. The van der Waals surface area contributed by atoms with Crippen LogP contribution in [0.2, 0.25) is 0 Å². The van der Waals surface area contributed by atoms with Crippen molar-refractivity contribution in [1.29, 1.82) is 0 Å². The van der Waals surface area contributed by atoms with Gasteiger partial charge in [-0.05, 0) is 12.0 Å². The monoisotopic (exact) mass is 497 g/mol. The zero-order chi connectivity index (χ0) is 25.7. The molecule has 1 aromatic carbocycles. The van der Waals surface area contributed by atoms with E-state index in [-0.39, 0.29) is 54.8 Å². The van der Waals surface area contributed by atoms with Gasteiger partial charge in [-0.15, -0.1) is 0 Å². The standard InChI is InChI=1S/C26H31N3O7/c1-34-24(18-7-4-3-5-8-18)25(32)28-12-10-19-23(26(33)35-2)20(17-22(31)29(19)14-13-28)36-16-15-27-11-6-9-21(27)30/h3-5,7-8,17,24H,6,9-16H2,1-2H3. The number of hydrogen-bond donors (Lipinski definition) is 0. The Balaban J connectivity index is 1.56. The summed E-state index contributed by atoms with van der Waals surface area (Å²) in [5.74, 6) is -0.632. The van der Waals surface area contributed by atoms with Crippen LogP contribution in [0.25, 0.3) is 0 Å². The van der Waals surface area contributed by atoms with E-state index in [1.54, 1.807) is 9.80 Å². The van der Waals surface area contributed by atoms with Gasteiger partial charge in [-0.2, -0.15) is 0 Å². The number of esters is 1. The smallest absolute Gasteiger partial charge is 0.343 e. The van der Waals surface area contributed by atoms with Gasteiger partial charge in [0.25, 0.3) is 11.5 Å². The number of pyridine rings is 1. The van der Waals surface area contributed by atoms with Crippen molar-refractivity contribution in [3.05, 3.63) is 63.6 Å². The van der Waals surface area contributed by atoms with Crippen molar-refractivity contribution in [1.82, 2.24) is 14.4 Å². The maximum Gasteiger partial charge on any atom is 0.343 e. The van der Waals surface area contributed by atoms with Gasteiger partial charge in [-0.1, -0.05) is 30.3 Å². The average molecular weight is 498 g/mol. The molecule has 1 fully saturated rings. The lowest BCUT2D eigenvalue weighted by atomic mass is 10.1. The van der Waals surface area contributed by atoms with Crippen molar-refractivity contribution in [2.45, 2.75) is 31.9 Å². The Morgan fingerprint density at radius 1 is 1.00 bits per heavy atom. The summed E-state index contributed by atoms with van der Waals surface area (Å²) in [6, 6.07) is 10.5. The summed E-state index contributed by atoms with van der Waals surface area (Å²) in [7, 11) is 2.76. The Morgan fingerprint density at radius 2 is 1.78 bits per heavy atom. The summed E-state index contributed by atoms with van der Waals surface area (Å²) >= 11 is 0. The van der Waals surface area contributed by atoms with Gasteiger partial charge in [0.2, 0.25) is 5.91 Å². The van der Waals surface area contributed by atoms with Gasteiger partial charge in [-0.25, -0.2) is 4.79 Å². The number of aromatic nitrogens is 1. The quantitative estimate of drug-likeness (QED) is 0.508. The van der Waals surface area contributed by atoms with Crippen LogP contribution in [0.3, 0.4) is 0 Å². The lowest BCUT2D eigenvalue weighted by Gasteiger charge is -2.25. The van der Waals surface area contributed by atoms with Crippen LogP contribution in [0.5, 0.6) is 5.75 Å². The number of carbonyl (C=O) groups excluding carboxylic acids is 3. The van der Waals surface area contributed by atoms with E-state index in [1.165, 1.54) is 24.9 Å². The number of hydrogen-bond acceptors (Lipinski definition) is 7.